The molecule has 4 nitrogen and oxygen atoms in total. The largest absolute Gasteiger partial charge is 0.481 e. The van der Waals surface area contributed by atoms with Crippen LogP contribution < -0.4 is 0 Å². The van der Waals surface area contributed by atoms with Crippen molar-refractivity contribution in [2.45, 2.75) is 19.8 Å². The first kappa shape index (κ1) is 20.3. The monoisotopic (exact) mass is 379 g/mol. The Bertz CT molecular complexity index is 801. The summed E-state index contributed by atoms with van der Waals surface area (Å²) in [5.74, 6) is -0.918. The van der Waals surface area contributed by atoms with Crippen LogP contribution in [0.3, 0.4) is 0 Å². The van der Waals surface area contributed by atoms with Crippen LogP contribution in [-0.2, 0) is 9.53 Å². The van der Waals surface area contributed by atoms with Crippen molar-refractivity contribution < 1.29 is 14.6 Å². The summed E-state index contributed by atoms with van der Waals surface area (Å²) < 4.78 is 5.88. The van der Waals surface area contributed by atoms with Crippen LogP contribution in [-0.4, -0.2) is 48.8 Å². The average Bonchev–Trinajstić information content (AvgIpc) is 2.72. The fourth-order valence-corrected chi connectivity index (χ4v) is 3.76. The third-order valence-corrected chi connectivity index (χ3v) is 5.33. The molecule has 0 spiro atoms. The maximum absolute atomic E-state index is 11.2. The summed E-state index contributed by atoms with van der Waals surface area (Å²) in [5.41, 5.74) is 4.83. The van der Waals surface area contributed by atoms with Crippen LogP contribution in [0, 0.1) is 12.8 Å². The number of carbonyl (C=O) groups is 1. The van der Waals surface area contributed by atoms with Crippen molar-refractivity contribution in [1.82, 2.24) is 4.90 Å². The maximum atomic E-state index is 11.2. The highest BCUT2D eigenvalue weighted by Gasteiger charge is 2.24. The molecule has 148 valence electrons. The van der Waals surface area contributed by atoms with Crippen molar-refractivity contribution >= 4 is 11.5 Å². The number of ether oxygens (including phenoxy) is 1. The summed E-state index contributed by atoms with van der Waals surface area (Å²) in [6.45, 7) is 5.65. The molecule has 2 aromatic rings. The highest BCUT2D eigenvalue weighted by atomic mass is 16.5. The smallest absolute Gasteiger partial charge is 0.307 e. The number of hydrogen-bond donors (Lipinski definition) is 1. The number of aliphatic carboxylic acids is 1. The predicted molar refractivity (Wildman–Crippen MR) is 112 cm³/mol. The second kappa shape index (κ2) is 10.2. The lowest BCUT2D eigenvalue weighted by Gasteiger charge is -2.30. The summed E-state index contributed by atoms with van der Waals surface area (Å²) in [6, 6.07) is 18.8. The van der Waals surface area contributed by atoms with Crippen molar-refractivity contribution in [3.05, 3.63) is 77.4 Å². The van der Waals surface area contributed by atoms with Gasteiger partial charge in [-0.1, -0.05) is 60.7 Å². The number of carboxylic acids is 1. The highest BCUT2D eigenvalue weighted by Crippen LogP contribution is 2.25. The zero-order chi connectivity index (χ0) is 19.8. The third-order valence-electron chi connectivity index (χ3n) is 5.33. The topological polar surface area (TPSA) is 49.8 Å². The summed E-state index contributed by atoms with van der Waals surface area (Å²) in [6.07, 6.45) is 3.88. The molecule has 3 rings (SSSR count). The third kappa shape index (κ3) is 5.54. The minimum Gasteiger partial charge on any atom is -0.481 e. The fourth-order valence-electron chi connectivity index (χ4n) is 3.76. The van der Waals surface area contributed by atoms with Gasteiger partial charge < -0.3 is 14.7 Å². The average molecular weight is 380 g/mol. The van der Waals surface area contributed by atoms with E-state index in [-0.39, 0.29) is 5.92 Å². The van der Waals surface area contributed by atoms with Crippen LogP contribution in [0.2, 0.25) is 0 Å². The van der Waals surface area contributed by atoms with Crippen molar-refractivity contribution in [3.8, 4) is 0 Å². The number of nitrogens with zero attached hydrogens (tertiary/aromatic N) is 1. The molecule has 1 saturated heterocycles. The van der Waals surface area contributed by atoms with E-state index in [0.29, 0.717) is 19.8 Å². The van der Waals surface area contributed by atoms with Gasteiger partial charge in [0.25, 0.3) is 0 Å². The Morgan fingerprint density at radius 2 is 1.93 bits per heavy atom. The first-order chi connectivity index (χ1) is 13.6. The maximum Gasteiger partial charge on any atom is 0.307 e. The van der Waals surface area contributed by atoms with Gasteiger partial charge in [-0.05, 0) is 48.6 Å². The molecule has 0 saturated carbocycles. The summed E-state index contributed by atoms with van der Waals surface area (Å²) >= 11 is 0. The van der Waals surface area contributed by atoms with Crippen LogP contribution in [0.15, 0.2) is 60.7 Å². The SMILES string of the molecule is Cc1ccccc1/C(=C\COCCN1CCCC(C(=O)O)C1)c1ccccc1. The number of likely N-dealkylation sites (tertiary alicyclic amines) is 1. The van der Waals surface area contributed by atoms with E-state index in [1.54, 1.807) is 0 Å². The lowest BCUT2D eigenvalue weighted by atomic mass is 9.94. The van der Waals surface area contributed by atoms with E-state index in [2.05, 4.69) is 66.4 Å². The van der Waals surface area contributed by atoms with Gasteiger partial charge in [0.2, 0.25) is 0 Å². The van der Waals surface area contributed by atoms with E-state index in [4.69, 9.17) is 4.74 Å². The number of piperidine rings is 1. The molecule has 1 N–H and O–H groups in total. The molecule has 1 heterocycles. The molecule has 0 bridgehead atoms. The Kier molecular flexibility index (Phi) is 7.40. The Labute approximate surface area is 167 Å². The van der Waals surface area contributed by atoms with Crippen molar-refractivity contribution in [2.75, 3.05) is 32.8 Å². The first-order valence-corrected chi connectivity index (χ1v) is 9.99. The number of hydrogen-bond acceptors (Lipinski definition) is 3. The normalized spacial score (nSPS) is 18.2. The van der Waals surface area contributed by atoms with Crippen LogP contribution in [0.4, 0.5) is 0 Å². The molecule has 4 heteroatoms. The molecular weight excluding hydrogens is 350 g/mol. The second-order valence-electron chi connectivity index (χ2n) is 7.35. The quantitative estimate of drug-likeness (QED) is 0.697. The van der Waals surface area contributed by atoms with Crippen molar-refractivity contribution in [2.24, 2.45) is 5.92 Å². The van der Waals surface area contributed by atoms with E-state index >= 15 is 0 Å². The Morgan fingerprint density at radius 1 is 1.18 bits per heavy atom. The Morgan fingerprint density at radius 3 is 2.68 bits per heavy atom. The zero-order valence-electron chi connectivity index (χ0n) is 16.5. The molecule has 0 amide bonds. The van der Waals surface area contributed by atoms with E-state index < -0.39 is 5.97 Å². The minimum absolute atomic E-state index is 0.237. The number of rotatable bonds is 8. The number of benzene rings is 2. The molecule has 0 aromatic heterocycles. The van der Waals surface area contributed by atoms with E-state index in [9.17, 15) is 9.90 Å². The van der Waals surface area contributed by atoms with Crippen LogP contribution >= 0.6 is 0 Å². The lowest BCUT2D eigenvalue weighted by Crippen LogP contribution is -2.40. The first-order valence-electron chi connectivity index (χ1n) is 9.99. The minimum atomic E-state index is -0.681. The van der Waals surface area contributed by atoms with Crippen molar-refractivity contribution in [1.29, 1.82) is 0 Å². The van der Waals surface area contributed by atoms with Crippen LogP contribution in [0.5, 0.6) is 0 Å². The molecule has 1 atom stereocenters. The summed E-state index contributed by atoms with van der Waals surface area (Å²) in [7, 11) is 0. The molecule has 1 fully saturated rings. The molecule has 0 radical (unpaired) electrons. The van der Waals surface area contributed by atoms with Gasteiger partial charge in [0, 0.05) is 13.1 Å². The fraction of sp³-hybridized carbons (Fsp3) is 0.375. The van der Waals surface area contributed by atoms with Crippen LogP contribution in [0.25, 0.3) is 5.57 Å². The van der Waals surface area contributed by atoms with Gasteiger partial charge in [-0.3, -0.25) is 4.79 Å². The van der Waals surface area contributed by atoms with Gasteiger partial charge >= 0.3 is 5.97 Å². The predicted octanol–water partition coefficient (Wildman–Crippen LogP) is 4.24. The molecule has 28 heavy (non-hydrogen) atoms. The van der Waals surface area contributed by atoms with Gasteiger partial charge in [-0.15, -0.1) is 0 Å². The molecular formula is C24H29NO3. The highest BCUT2D eigenvalue weighted by molar-refractivity contribution is 5.81. The summed E-state index contributed by atoms with van der Waals surface area (Å²) in [5, 5.41) is 9.20. The molecule has 1 aliphatic rings. The summed E-state index contributed by atoms with van der Waals surface area (Å²) in [4.78, 5) is 13.4. The van der Waals surface area contributed by atoms with E-state index in [1.807, 2.05) is 6.07 Å². The van der Waals surface area contributed by atoms with Crippen molar-refractivity contribution in [3.63, 3.8) is 0 Å². The second-order valence-corrected chi connectivity index (χ2v) is 7.35. The molecule has 1 aliphatic heterocycles. The van der Waals surface area contributed by atoms with Gasteiger partial charge in [0.05, 0.1) is 19.1 Å². The van der Waals surface area contributed by atoms with Gasteiger partial charge in [-0.2, -0.15) is 0 Å². The molecule has 0 aliphatic carbocycles. The molecule has 1 unspecified atom stereocenters. The van der Waals surface area contributed by atoms with E-state index in [0.717, 1.165) is 25.9 Å². The standard InChI is InChI=1S/C24H29NO3/c1-19-8-5-6-12-22(19)23(20-9-3-2-4-10-20)13-16-28-17-15-25-14-7-11-21(18-25)24(26)27/h2-6,8-10,12-13,21H,7,11,14-18H2,1H3,(H,26,27)/b23-13-. The van der Waals surface area contributed by atoms with Gasteiger partial charge in [0.1, 0.15) is 0 Å². The van der Waals surface area contributed by atoms with Gasteiger partial charge in [0.15, 0.2) is 0 Å². The lowest BCUT2D eigenvalue weighted by molar-refractivity contribution is -0.143. The van der Waals surface area contributed by atoms with Crippen LogP contribution in [0.1, 0.15) is 29.5 Å². The van der Waals surface area contributed by atoms with E-state index in [1.165, 1.54) is 22.3 Å². The Hall–Kier alpha value is -2.43. The molecule has 2 aromatic carbocycles. The number of aryl methyl sites for hydroxylation is 1. The number of carboxylic acid groups (broad SMARTS) is 1. The Balaban J connectivity index is 1.58. The van der Waals surface area contributed by atoms with Gasteiger partial charge in [-0.25, -0.2) is 0 Å². The zero-order valence-corrected chi connectivity index (χ0v) is 16.5.